The van der Waals surface area contributed by atoms with Crippen LogP contribution < -0.4 is 4.74 Å². The number of carbonyl (C=O) groups excluding carboxylic acids is 1. The van der Waals surface area contributed by atoms with Gasteiger partial charge >= 0.3 is 0 Å². The van der Waals surface area contributed by atoms with Crippen LogP contribution >= 0.6 is 0 Å². The van der Waals surface area contributed by atoms with Crippen molar-refractivity contribution in [1.82, 2.24) is 4.90 Å². The van der Waals surface area contributed by atoms with Gasteiger partial charge in [-0.25, -0.2) is 0 Å². The van der Waals surface area contributed by atoms with Crippen molar-refractivity contribution in [1.29, 1.82) is 0 Å². The Kier molecular flexibility index (Phi) is 5.65. The van der Waals surface area contributed by atoms with E-state index < -0.39 is 0 Å². The molecular weight excluding hydrogens is 298 g/mol. The molecule has 1 aliphatic rings. The summed E-state index contributed by atoms with van der Waals surface area (Å²) < 4.78 is 5.89. The molecule has 2 aromatic carbocycles. The van der Waals surface area contributed by atoms with Crippen LogP contribution in [0.4, 0.5) is 0 Å². The third-order valence-electron chi connectivity index (χ3n) is 4.55. The number of Topliss-reactive ketones (excluding diaryl/α,β-unsaturated/α-hetero) is 1. The van der Waals surface area contributed by atoms with E-state index in [1.54, 1.807) is 0 Å². The molecule has 0 N–H and O–H groups in total. The van der Waals surface area contributed by atoms with Gasteiger partial charge in [-0.1, -0.05) is 30.3 Å². The Bertz CT molecular complexity index is 675. The summed E-state index contributed by atoms with van der Waals surface area (Å²) in [5.41, 5.74) is 3.08. The van der Waals surface area contributed by atoms with E-state index in [9.17, 15) is 4.79 Å². The smallest absolute Gasteiger partial charge is 0.176 e. The first kappa shape index (κ1) is 16.7. The van der Waals surface area contributed by atoms with E-state index >= 15 is 0 Å². The van der Waals surface area contributed by atoms with Crippen molar-refractivity contribution >= 4 is 5.78 Å². The predicted molar refractivity (Wildman–Crippen MR) is 96.8 cm³/mol. The molecule has 0 aliphatic carbocycles. The van der Waals surface area contributed by atoms with Crippen molar-refractivity contribution in [2.24, 2.45) is 0 Å². The van der Waals surface area contributed by atoms with Gasteiger partial charge in [-0.15, -0.1) is 0 Å². The lowest BCUT2D eigenvalue weighted by molar-refractivity contribution is 0.0945. The molecule has 0 bridgehead atoms. The normalized spacial score (nSPS) is 14.7. The largest absolute Gasteiger partial charge is 0.493 e. The second-order valence-corrected chi connectivity index (χ2v) is 6.47. The molecule has 3 rings (SSSR count). The first-order valence-corrected chi connectivity index (χ1v) is 8.75. The fourth-order valence-electron chi connectivity index (χ4n) is 3.14. The molecule has 24 heavy (non-hydrogen) atoms. The average molecular weight is 323 g/mol. The fraction of sp³-hybridized carbons (Fsp3) is 0.381. The number of ether oxygens (including phenoxy) is 1. The summed E-state index contributed by atoms with van der Waals surface area (Å²) in [5.74, 6) is 1.07. The second kappa shape index (κ2) is 8.11. The maximum absolute atomic E-state index is 12.4. The molecule has 0 atom stereocenters. The van der Waals surface area contributed by atoms with Crippen LogP contribution in [0.25, 0.3) is 0 Å². The van der Waals surface area contributed by atoms with Gasteiger partial charge in [0.15, 0.2) is 5.78 Å². The number of nitrogens with zero attached hydrogens (tertiary/aromatic N) is 1. The van der Waals surface area contributed by atoms with E-state index in [1.165, 1.54) is 18.4 Å². The van der Waals surface area contributed by atoms with Gasteiger partial charge in [-0.2, -0.15) is 0 Å². The standard InChI is InChI=1S/C21H25NO2/c1-17-15-19(20(23)16-22-12-5-6-13-22)9-10-21(17)24-14-11-18-7-3-2-4-8-18/h2-4,7-10,15H,5-6,11-14,16H2,1H3. The Morgan fingerprint density at radius 3 is 2.54 bits per heavy atom. The van der Waals surface area contributed by atoms with Gasteiger partial charge in [0.2, 0.25) is 0 Å². The molecule has 0 saturated carbocycles. The van der Waals surface area contributed by atoms with Crippen molar-refractivity contribution in [3.63, 3.8) is 0 Å². The number of ketones is 1. The average Bonchev–Trinajstić information content (AvgIpc) is 3.10. The van der Waals surface area contributed by atoms with E-state index in [0.717, 1.165) is 36.4 Å². The summed E-state index contributed by atoms with van der Waals surface area (Å²) in [5, 5.41) is 0. The number of hydrogen-bond donors (Lipinski definition) is 0. The summed E-state index contributed by atoms with van der Waals surface area (Å²) in [6.07, 6.45) is 3.30. The van der Waals surface area contributed by atoms with Gasteiger partial charge in [0.1, 0.15) is 5.75 Å². The van der Waals surface area contributed by atoms with E-state index in [2.05, 4.69) is 17.0 Å². The van der Waals surface area contributed by atoms with Gasteiger partial charge in [-0.05, 0) is 62.2 Å². The van der Waals surface area contributed by atoms with Gasteiger partial charge in [0.25, 0.3) is 0 Å². The molecular formula is C21H25NO2. The number of rotatable bonds is 7. The van der Waals surface area contributed by atoms with E-state index in [1.807, 2.05) is 43.3 Å². The van der Waals surface area contributed by atoms with Crippen LogP contribution in [0.15, 0.2) is 48.5 Å². The van der Waals surface area contributed by atoms with Crippen molar-refractivity contribution in [2.45, 2.75) is 26.2 Å². The zero-order chi connectivity index (χ0) is 16.8. The molecule has 0 radical (unpaired) electrons. The lowest BCUT2D eigenvalue weighted by atomic mass is 10.1. The van der Waals surface area contributed by atoms with E-state index in [-0.39, 0.29) is 5.78 Å². The highest BCUT2D eigenvalue weighted by molar-refractivity contribution is 5.98. The highest BCUT2D eigenvalue weighted by Gasteiger charge is 2.16. The summed E-state index contributed by atoms with van der Waals surface area (Å²) in [6.45, 7) is 5.28. The summed E-state index contributed by atoms with van der Waals surface area (Å²) in [7, 11) is 0. The lowest BCUT2D eigenvalue weighted by Gasteiger charge is -2.14. The quantitative estimate of drug-likeness (QED) is 0.724. The number of aryl methyl sites for hydroxylation is 1. The zero-order valence-electron chi connectivity index (χ0n) is 14.3. The molecule has 0 spiro atoms. The Labute approximate surface area is 144 Å². The first-order valence-electron chi connectivity index (χ1n) is 8.75. The summed E-state index contributed by atoms with van der Waals surface area (Å²) in [6, 6.07) is 16.1. The van der Waals surface area contributed by atoms with Crippen LogP contribution in [0, 0.1) is 6.92 Å². The topological polar surface area (TPSA) is 29.5 Å². The minimum Gasteiger partial charge on any atom is -0.493 e. The highest BCUT2D eigenvalue weighted by Crippen LogP contribution is 2.20. The Morgan fingerprint density at radius 2 is 1.83 bits per heavy atom. The Hall–Kier alpha value is -2.13. The highest BCUT2D eigenvalue weighted by atomic mass is 16.5. The molecule has 0 unspecified atom stereocenters. The number of carbonyl (C=O) groups is 1. The van der Waals surface area contributed by atoms with Crippen molar-refractivity contribution in [2.75, 3.05) is 26.2 Å². The van der Waals surface area contributed by atoms with Gasteiger partial charge in [0, 0.05) is 12.0 Å². The predicted octanol–water partition coefficient (Wildman–Crippen LogP) is 3.90. The zero-order valence-corrected chi connectivity index (χ0v) is 14.3. The van der Waals surface area contributed by atoms with Crippen LogP contribution in [-0.4, -0.2) is 36.9 Å². The molecule has 3 heteroatoms. The molecule has 0 aromatic heterocycles. The van der Waals surface area contributed by atoms with Crippen LogP contribution in [0.1, 0.15) is 34.3 Å². The Balaban J connectivity index is 1.54. The number of benzene rings is 2. The number of hydrogen-bond acceptors (Lipinski definition) is 3. The lowest BCUT2D eigenvalue weighted by Crippen LogP contribution is -2.26. The first-order chi connectivity index (χ1) is 11.7. The monoisotopic (exact) mass is 323 g/mol. The van der Waals surface area contributed by atoms with Crippen molar-refractivity contribution < 1.29 is 9.53 Å². The third kappa shape index (κ3) is 4.45. The minimum atomic E-state index is 0.204. The molecule has 3 nitrogen and oxygen atoms in total. The van der Waals surface area contributed by atoms with Crippen molar-refractivity contribution in [3.8, 4) is 5.75 Å². The van der Waals surface area contributed by atoms with Crippen LogP contribution in [0.3, 0.4) is 0 Å². The summed E-state index contributed by atoms with van der Waals surface area (Å²) in [4.78, 5) is 14.6. The second-order valence-electron chi connectivity index (χ2n) is 6.47. The minimum absolute atomic E-state index is 0.204. The van der Waals surface area contributed by atoms with Crippen LogP contribution in [0.5, 0.6) is 5.75 Å². The molecule has 1 saturated heterocycles. The number of likely N-dealkylation sites (tertiary alicyclic amines) is 1. The Morgan fingerprint density at radius 1 is 1.08 bits per heavy atom. The molecule has 1 heterocycles. The maximum Gasteiger partial charge on any atom is 0.176 e. The van der Waals surface area contributed by atoms with Crippen LogP contribution in [0.2, 0.25) is 0 Å². The van der Waals surface area contributed by atoms with Crippen LogP contribution in [-0.2, 0) is 6.42 Å². The van der Waals surface area contributed by atoms with Gasteiger partial charge < -0.3 is 4.74 Å². The molecule has 126 valence electrons. The van der Waals surface area contributed by atoms with E-state index in [4.69, 9.17) is 4.74 Å². The van der Waals surface area contributed by atoms with E-state index in [0.29, 0.717) is 13.2 Å². The molecule has 2 aromatic rings. The van der Waals surface area contributed by atoms with Gasteiger partial charge in [0.05, 0.1) is 13.2 Å². The molecule has 0 amide bonds. The third-order valence-corrected chi connectivity index (χ3v) is 4.55. The molecule has 1 fully saturated rings. The maximum atomic E-state index is 12.4. The van der Waals surface area contributed by atoms with Crippen molar-refractivity contribution in [3.05, 3.63) is 65.2 Å². The fourth-order valence-corrected chi connectivity index (χ4v) is 3.14. The SMILES string of the molecule is Cc1cc(C(=O)CN2CCCC2)ccc1OCCc1ccccc1. The summed E-state index contributed by atoms with van der Waals surface area (Å²) >= 11 is 0. The van der Waals surface area contributed by atoms with Gasteiger partial charge in [-0.3, -0.25) is 9.69 Å². The molecule has 1 aliphatic heterocycles.